The Balaban J connectivity index is 2.82. The van der Waals surface area contributed by atoms with Gasteiger partial charge in [0.05, 0.1) is 0 Å². The van der Waals surface area contributed by atoms with Crippen molar-refractivity contribution in [2.45, 2.75) is 26.4 Å². The van der Waals surface area contributed by atoms with Crippen molar-refractivity contribution >= 4 is 29.9 Å². The number of anilines is 1. The Hall–Kier alpha value is -2.97. The number of rotatable bonds is 7. The van der Waals surface area contributed by atoms with Gasteiger partial charge in [-0.2, -0.15) is 0 Å². The molecule has 0 fully saturated rings. The van der Waals surface area contributed by atoms with E-state index in [1.165, 1.54) is 18.2 Å². The van der Waals surface area contributed by atoms with E-state index in [0.29, 0.717) is 6.41 Å². The number of esters is 1. The van der Waals surface area contributed by atoms with Crippen LogP contribution in [0, 0.1) is 0 Å². The lowest BCUT2D eigenvalue weighted by Gasteiger charge is -2.18. The summed E-state index contributed by atoms with van der Waals surface area (Å²) in [4.78, 5) is 41.7. The standard InChI is InChI=1S/C14H17N3O6/c1-14(2,3)23-11(19)7-22-17-12(13(20)21)9-5-4-6-10(16-9)15-8-18/h4-6,8H,7H2,1-3H3,(H,20,21)(H,15,16,18)/b17-12-. The molecule has 1 aromatic heterocycles. The number of carbonyl (C=O) groups is 3. The minimum atomic E-state index is -1.40. The third-order valence-corrected chi connectivity index (χ3v) is 2.16. The van der Waals surface area contributed by atoms with E-state index in [4.69, 9.17) is 14.7 Å². The molecule has 0 aliphatic rings. The first-order chi connectivity index (χ1) is 10.7. The zero-order valence-corrected chi connectivity index (χ0v) is 12.9. The van der Waals surface area contributed by atoms with Crippen LogP contribution in [0.4, 0.5) is 5.82 Å². The zero-order chi connectivity index (χ0) is 17.5. The number of nitrogens with zero attached hydrogens (tertiary/aromatic N) is 2. The number of carboxylic acids is 1. The summed E-state index contributed by atoms with van der Waals surface area (Å²) >= 11 is 0. The van der Waals surface area contributed by atoms with Gasteiger partial charge in [0.1, 0.15) is 17.1 Å². The molecule has 0 saturated carbocycles. The Kier molecular flexibility index (Phi) is 6.19. The molecule has 0 aliphatic carbocycles. The number of carbonyl (C=O) groups excluding carboxylic acids is 2. The Morgan fingerprint density at radius 3 is 2.65 bits per heavy atom. The number of amides is 1. The molecule has 0 spiro atoms. The fourth-order valence-corrected chi connectivity index (χ4v) is 1.42. The minimum Gasteiger partial charge on any atom is -0.476 e. The van der Waals surface area contributed by atoms with E-state index in [-0.39, 0.29) is 11.5 Å². The first kappa shape index (κ1) is 18.1. The quantitative estimate of drug-likeness (QED) is 0.329. The van der Waals surface area contributed by atoms with Gasteiger partial charge >= 0.3 is 11.9 Å². The molecule has 0 radical (unpaired) electrons. The summed E-state index contributed by atoms with van der Waals surface area (Å²) in [6.07, 6.45) is 0.405. The number of hydrogen-bond donors (Lipinski definition) is 2. The van der Waals surface area contributed by atoms with Crippen LogP contribution in [-0.4, -0.2) is 46.4 Å². The highest BCUT2D eigenvalue weighted by atomic mass is 16.7. The van der Waals surface area contributed by atoms with Gasteiger partial charge in [0, 0.05) is 0 Å². The topological polar surface area (TPSA) is 127 Å². The van der Waals surface area contributed by atoms with Crippen molar-refractivity contribution in [3.63, 3.8) is 0 Å². The fraction of sp³-hybridized carbons (Fsp3) is 0.357. The van der Waals surface area contributed by atoms with Crippen molar-refractivity contribution in [2.75, 3.05) is 11.9 Å². The maximum absolute atomic E-state index is 11.5. The summed E-state index contributed by atoms with van der Waals surface area (Å²) in [5.74, 6) is -1.93. The van der Waals surface area contributed by atoms with E-state index in [1.807, 2.05) is 0 Å². The van der Waals surface area contributed by atoms with Gasteiger partial charge in [-0.15, -0.1) is 0 Å². The van der Waals surface area contributed by atoms with Crippen LogP contribution in [0.5, 0.6) is 0 Å². The van der Waals surface area contributed by atoms with Crippen molar-refractivity contribution in [1.82, 2.24) is 4.98 Å². The van der Waals surface area contributed by atoms with Crippen LogP contribution in [0.1, 0.15) is 26.5 Å². The number of pyridine rings is 1. The van der Waals surface area contributed by atoms with Crippen molar-refractivity contribution in [1.29, 1.82) is 0 Å². The Bertz CT molecular complexity index is 621. The molecule has 0 saturated heterocycles. The van der Waals surface area contributed by atoms with E-state index >= 15 is 0 Å². The van der Waals surface area contributed by atoms with Gasteiger partial charge in [-0.1, -0.05) is 11.2 Å². The molecular weight excluding hydrogens is 306 g/mol. The maximum Gasteiger partial charge on any atom is 0.360 e. The number of carboxylic acid groups (broad SMARTS) is 1. The molecule has 23 heavy (non-hydrogen) atoms. The SMILES string of the molecule is CC(C)(C)OC(=O)CO/N=C(\C(=O)O)c1cccc(NC=O)n1. The van der Waals surface area contributed by atoms with E-state index < -0.39 is 29.9 Å². The third-order valence-electron chi connectivity index (χ3n) is 2.16. The first-order valence-electron chi connectivity index (χ1n) is 6.55. The van der Waals surface area contributed by atoms with E-state index in [1.54, 1.807) is 20.8 Å². The Morgan fingerprint density at radius 1 is 1.39 bits per heavy atom. The molecule has 1 rings (SSSR count). The number of nitrogens with one attached hydrogen (secondary N) is 1. The predicted molar refractivity (Wildman–Crippen MR) is 79.9 cm³/mol. The van der Waals surface area contributed by atoms with Crippen molar-refractivity contribution in [2.24, 2.45) is 5.16 Å². The van der Waals surface area contributed by atoms with Gasteiger partial charge in [0.15, 0.2) is 0 Å². The summed E-state index contributed by atoms with van der Waals surface area (Å²) in [6.45, 7) is 4.52. The lowest BCUT2D eigenvalue weighted by molar-refractivity contribution is -0.160. The molecule has 2 N–H and O–H groups in total. The van der Waals surface area contributed by atoms with Crippen LogP contribution in [-0.2, 0) is 24.0 Å². The largest absolute Gasteiger partial charge is 0.476 e. The van der Waals surface area contributed by atoms with Gasteiger partial charge in [0.25, 0.3) is 0 Å². The molecule has 9 heteroatoms. The second-order valence-corrected chi connectivity index (χ2v) is 5.28. The highest BCUT2D eigenvalue weighted by Gasteiger charge is 2.18. The third kappa shape index (κ3) is 6.55. The van der Waals surface area contributed by atoms with E-state index in [0.717, 1.165) is 0 Å². The van der Waals surface area contributed by atoms with Crippen LogP contribution in [0.15, 0.2) is 23.4 Å². The maximum atomic E-state index is 11.5. The van der Waals surface area contributed by atoms with Crippen LogP contribution >= 0.6 is 0 Å². The Labute approximate surface area is 132 Å². The number of hydrogen-bond acceptors (Lipinski definition) is 7. The van der Waals surface area contributed by atoms with E-state index in [2.05, 4.69) is 15.5 Å². The molecule has 124 valence electrons. The summed E-state index contributed by atoms with van der Waals surface area (Å²) in [6, 6.07) is 4.33. The van der Waals surface area contributed by atoms with Crippen LogP contribution in [0.2, 0.25) is 0 Å². The number of oxime groups is 1. The molecular formula is C14H17N3O6. The van der Waals surface area contributed by atoms with Crippen molar-refractivity contribution in [3.8, 4) is 0 Å². The van der Waals surface area contributed by atoms with E-state index in [9.17, 15) is 14.4 Å². The predicted octanol–water partition coefficient (Wildman–Crippen LogP) is 0.797. The average molecular weight is 323 g/mol. The van der Waals surface area contributed by atoms with Crippen LogP contribution in [0.25, 0.3) is 0 Å². The van der Waals surface area contributed by atoms with Crippen molar-refractivity contribution < 1.29 is 29.1 Å². The normalized spacial score (nSPS) is 11.5. The molecule has 1 heterocycles. The van der Waals surface area contributed by atoms with Gasteiger partial charge in [-0.25, -0.2) is 14.6 Å². The lowest BCUT2D eigenvalue weighted by atomic mass is 10.2. The summed E-state index contributed by atoms with van der Waals surface area (Å²) in [5.41, 5.74) is -1.23. The highest BCUT2D eigenvalue weighted by molar-refractivity contribution is 6.41. The molecule has 0 bridgehead atoms. The number of ether oxygens (including phenoxy) is 1. The van der Waals surface area contributed by atoms with Crippen LogP contribution < -0.4 is 5.32 Å². The van der Waals surface area contributed by atoms with Gasteiger partial charge in [-0.3, -0.25) is 4.79 Å². The molecule has 9 nitrogen and oxygen atoms in total. The molecule has 0 aliphatic heterocycles. The second kappa shape index (κ2) is 7.87. The smallest absolute Gasteiger partial charge is 0.360 e. The number of aromatic nitrogens is 1. The summed E-state index contributed by atoms with van der Waals surface area (Å²) < 4.78 is 4.99. The summed E-state index contributed by atoms with van der Waals surface area (Å²) in [7, 11) is 0. The molecule has 1 amide bonds. The highest BCUT2D eigenvalue weighted by Crippen LogP contribution is 2.08. The van der Waals surface area contributed by atoms with Gasteiger partial charge in [0.2, 0.25) is 18.7 Å². The Morgan fingerprint density at radius 2 is 2.09 bits per heavy atom. The molecule has 0 unspecified atom stereocenters. The average Bonchev–Trinajstić information content (AvgIpc) is 2.42. The minimum absolute atomic E-state index is 0.0338. The van der Waals surface area contributed by atoms with Gasteiger partial charge in [-0.05, 0) is 32.9 Å². The van der Waals surface area contributed by atoms with Gasteiger partial charge < -0.3 is 20.0 Å². The second-order valence-electron chi connectivity index (χ2n) is 5.28. The first-order valence-corrected chi connectivity index (χ1v) is 6.55. The zero-order valence-electron chi connectivity index (χ0n) is 12.9. The summed E-state index contributed by atoms with van der Waals surface area (Å²) in [5, 5.41) is 14.8. The lowest BCUT2D eigenvalue weighted by Crippen LogP contribution is -2.26. The molecule has 0 atom stereocenters. The number of aliphatic carboxylic acids is 1. The van der Waals surface area contributed by atoms with Crippen LogP contribution in [0.3, 0.4) is 0 Å². The molecule has 0 aromatic carbocycles. The monoisotopic (exact) mass is 323 g/mol. The fourth-order valence-electron chi connectivity index (χ4n) is 1.42. The van der Waals surface area contributed by atoms with Crippen molar-refractivity contribution in [3.05, 3.63) is 23.9 Å². The molecule has 1 aromatic rings.